The van der Waals surface area contributed by atoms with Crippen LogP contribution >= 0.6 is 11.5 Å². The van der Waals surface area contributed by atoms with Gasteiger partial charge in [-0.3, -0.25) is 0 Å². The molecule has 8 heteroatoms. The van der Waals surface area contributed by atoms with E-state index in [4.69, 9.17) is 10.5 Å². The molecular weight excluding hydrogens is 286 g/mol. The lowest BCUT2D eigenvalue weighted by molar-refractivity contribution is 0.102. The predicted octanol–water partition coefficient (Wildman–Crippen LogP) is 1.25. The van der Waals surface area contributed by atoms with Crippen LogP contribution in [0.2, 0.25) is 0 Å². The minimum Gasteiger partial charge on any atom is -0.382 e. The zero-order chi connectivity index (χ0) is 13.6. The predicted molar refractivity (Wildman–Crippen MR) is 74.2 cm³/mol. The maximum absolute atomic E-state index is 12.1. The van der Waals surface area contributed by atoms with Gasteiger partial charge in [-0.15, -0.1) is 0 Å². The number of nitrogens with zero attached hydrogens (tertiary/aromatic N) is 1. The summed E-state index contributed by atoms with van der Waals surface area (Å²) in [4.78, 5) is 0.155. The number of nitrogen functional groups attached to an aromatic ring is 1. The lowest BCUT2D eigenvalue weighted by atomic mass is 9.96. The number of sulfone groups is 1. The van der Waals surface area contributed by atoms with Gasteiger partial charge in [-0.2, -0.15) is 4.37 Å². The SMILES string of the molecule is CCS(=O)(=O)c1c(N)nsc1NC1CC2CCC1O2. The highest BCUT2D eigenvalue weighted by Crippen LogP contribution is 2.39. The molecule has 106 valence electrons. The fraction of sp³-hybridized carbons (Fsp3) is 0.727. The summed E-state index contributed by atoms with van der Waals surface area (Å²) in [5, 5.41) is 3.83. The molecular formula is C11H17N3O3S2. The molecule has 0 radical (unpaired) electrons. The minimum atomic E-state index is -3.35. The van der Waals surface area contributed by atoms with Crippen LogP contribution in [-0.4, -0.2) is 36.8 Å². The van der Waals surface area contributed by atoms with Crippen LogP contribution < -0.4 is 11.1 Å². The Hall–Kier alpha value is -0.860. The fourth-order valence-corrected chi connectivity index (χ4v) is 5.01. The summed E-state index contributed by atoms with van der Waals surface area (Å²) >= 11 is 1.11. The standard InChI is InChI=1S/C11H17N3O3S2/c1-2-19(15,16)9-10(12)14-18-11(9)13-7-5-6-3-4-8(7)17-6/h6-8,13H,2-5H2,1H3,(H2,12,14). The van der Waals surface area contributed by atoms with Crippen LogP contribution in [-0.2, 0) is 14.6 Å². The first-order valence-electron chi connectivity index (χ1n) is 6.41. The van der Waals surface area contributed by atoms with Crippen molar-refractivity contribution in [2.45, 2.75) is 49.3 Å². The van der Waals surface area contributed by atoms with Crippen LogP contribution in [0.4, 0.5) is 10.8 Å². The van der Waals surface area contributed by atoms with E-state index in [1.54, 1.807) is 6.92 Å². The molecule has 3 unspecified atom stereocenters. The molecule has 2 saturated heterocycles. The lowest BCUT2D eigenvalue weighted by Gasteiger charge is -2.20. The van der Waals surface area contributed by atoms with E-state index in [-0.39, 0.29) is 28.6 Å². The Labute approximate surface area is 116 Å². The van der Waals surface area contributed by atoms with Crippen molar-refractivity contribution in [1.82, 2.24) is 4.37 Å². The highest BCUT2D eigenvalue weighted by atomic mass is 32.2. The Morgan fingerprint density at radius 1 is 1.53 bits per heavy atom. The van der Waals surface area contributed by atoms with Crippen LogP contribution in [0.3, 0.4) is 0 Å². The molecule has 2 aliphatic rings. The maximum atomic E-state index is 12.1. The number of ether oxygens (including phenoxy) is 1. The van der Waals surface area contributed by atoms with Gasteiger partial charge in [-0.1, -0.05) is 6.92 Å². The van der Waals surface area contributed by atoms with Gasteiger partial charge in [-0.25, -0.2) is 8.42 Å². The van der Waals surface area contributed by atoms with E-state index in [1.807, 2.05) is 0 Å². The Balaban J connectivity index is 1.86. The van der Waals surface area contributed by atoms with E-state index in [9.17, 15) is 8.42 Å². The molecule has 3 atom stereocenters. The Morgan fingerprint density at radius 2 is 2.32 bits per heavy atom. The van der Waals surface area contributed by atoms with Crippen LogP contribution in [0.25, 0.3) is 0 Å². The maximum Gasteiger partial charge on any atom is 0.184 e. The van der Waals surface area contributed by atoms with E-state index < -0.39 is 9.84 Å². The monoisotopic (exact) mass is 303 g/mol. The molecule has 6 nitrogen and oxygen atoms in total. The Bertz CT molecular complexity index is 584. The molecule has 1 aromatic heterocycles. The average molecular weight is 303 g/mol. The van der Waals surface area contributed by atoms with Crippen molar-refractivity contribution in [3.8, 4) is 0 Å². The number of nitrogens with one attached hydrogen (secondary N) is 1. The summed E-state index contributed by atoms with van der Waals surface area (Å²) in [5.41, 5.74) is 5.70. The van der Waals surface area contributed by atoms with Crippen molar-refractivity contribution in [3.05, 3.63) is 0 Å². The molecule has 19 heavy (non-hydrogen) atoms. The van der Waals surface area contributed by atoms with Crippen molar-refractivity contribution >= 4 is 32.2 Å². The molecule has 2 aliphatic heterocycles. The first kappa shape index (κ1) is 13.1. The smallest absolute Gasteiger partial charge is 0.184 e. The summed E-state index contributed by atoms with van der Waals surface area (Å²) in [6.07, 6.45) is 3.57. The van der Waals surface area contributed by atoms with Crippen molar-refractivity contribution < 1.29 is 13.2 Å². The van der Waals surface area contributed by atoms with Gasteiger partial charge in [0.25, 0.3) is 0 Å². The molecule has 0 saturated carbocycles. The van der Waals surface area contributed by atoms with Crippen molar-refractivity contribution in [3.63, 3.8) is 0 Å². The van der Waals surface area contributed by atoms with Crippen molar-refractivity contribution in [2.75, 3.05) is 16.8 Å². The van der Waals surface area contributed by atoms with Gasteiger partial charge in [0.05, 0.1) is 24.0 Å². The zero-order valence-corrected chi connectivity index (χ0v) is 12.3. The number of hydrogen-bond donors (Lipinski definition) is 2. The van der Waals surface area contributed by atoms with Gasteiger partial charge < -0.3 is 15.8 Å². The summed E-state index contributed by atoms with van der Waals surface area (Å²) in [6.45, 7) is 1.61. The summed E-state index contributed by atoms with van der Waals surface area (Å²) < 4.78 is 33.8. The molecule has 2 fully saturated rings. The van der Waals surface area contributed by atoms with E-state index in [0.29, 0.717) is 11.1 Å². The topological polar surface area (TPSA) is 94.3 Å². The number of hydrogen-bond acceptors (Lipinski definition) is 7. The normalized spacial score (nSPS) is 29.8. The number of aromatic nitrogens is 1. The lowest BCUT2D eigenvalue weighted by Crippen LogP contribution is -2.30. The fourth-order valence-electron chi connectivity index (χ4n) is 2.79. The van der Waals surface area contributed by atoms with Gasteiger partial charge >= 0.3 is 0 Å². The minimum absolute atomic E-state index is 0.0253. The molecule has 0 aliphatic carbocycles. The van der Waals surface area contributed by atoms with Gasteiger partial charge in [0.1, 0.15) is 9.90 Å². The third-order valence-electron chi connectivity index (χ3n) is 3.79. The second-order valence-corrected chi connectivity index (χ2v) is 7.98. The number of anilines is 2. The Morgan fingerprint density at radius 3 is 2.89 bits per heavy atom. The average Bonchev–Trinajstić information content (AvgIpc) is 3.05. The zero-order valence-electron chi connectivity index (χ0n) is 10.6. The van der Waals surface area contributed by atoms with E-state index in [1.165, 1.54) is 0 Å². The molecule has 3 heterocycles. The molecule has 3 rings (SSSR count). The molecule has 2 bridgehead atoms. The van der Waals surface area contributed by atoms with E-state index >= 15 is 0 Å². The molecule has 1 aromatic rings. The van der Waals surface area contributed by atoms with Gasteiger partial charge in [0, 0.05) is 0 Å². The number of rotatable bonds is 4. The van der Waals surface area contributed by atoms with Crippen LogP contribution in [0.15, 0.2) is 4.90 Å². The second-order valence-electron chi connectivity index (χ2n) is 4.99. The summed E-state index contributed by atoms with van der Waals surface area (Å²) in [7, 11) is -3.35. The third kappa shape index (κ3) is 2.21. The largest absolute Gasteiger partial charge is 0.382 e. The molecule has 3 N–H and O–H groups in total. The van der Waals surface area contributed by atoms with E-state index in [2.05, 4.69) is 9.69 Å². The summed E-state index contributed by atoms with van der Waals surface area (Å²) in [6, 6.07) is 0.171. The van der Waals surface area contributed by atoms with Gasteiger partial charge in [0.15, 0.2) is 15.7 Å². The quantitative estimate of drug-likeness (QED) is 0.869. The Kier molecular flexibility index (Phi) is 3.18. The first-order chi connectivity index (χ1) is 9.01. The van der Waals surface area contributed by atoms with Crippen molar-refractivity contribution in [2.24, 2.45) is 0 Å². The van der Waals surface area contributed by atoms with Gasteiger partial charge in [-0.05, 0) is 30.8 Å². The summed E-state index contributed by atoms with van der Waals surface area (Å²) in [5.74, 6) is 0.121. The first-order valence-corrected chi connectivity index (χ1v) is 8.83. The molecule has 0 aromatic carbocycles. The number of fused-ring (bicyclic) bond motifs is 2. The van der Waals surface area contributed by atoms with Crippen LogP contribution in [0.5, 0.6) is 0 Å². The highest BCUT2D eigenvalue weighted by Gasteiger charge is 2.41. The molecule has 0 amide bonds. The van der Waals surface area contributed by atoms with Crippen molar-refractivity contribution in [1.29, 1.82) is 0 Å². The third-order valence-corrected chi connectivity index (χ3v) is 6.50. The second kappa shape index (κ2) is 4.60. The molecule has 0 spiro atoms. The number of nitrogens with two attached hydrogens (primary N) is 1. The van der Waals surface area contributed by atoms with E-state index in [0.717, 1.165) is 30.8 Å². The highest BCUT2D eigenvalue weighted by molar-refractivity contribution is 7.91. The van der Waals surface area contributed by atoms with Crippen LogP contribution in [0, 0.1) is 0 Å². The van der Waals surface area contributed by atoms with Gasteiger partial charge in [0.2, 0.25) is 0 Å². The van der Waals surface area contributed by atoms with Crippen LogP contribution in [0.1, 0.15) is 26.2 Å².